The molecule has 0 aliphatic carbocycles. The molecule has 1 heterocycles. The molecule has 0 saturated heterocycles. The Bertz CT molecular complexity index is 661. The Morgan fingerprint density at radius 1 is 1.43 bits per heavy atom. The van der Waals surface area contributed by atoms with Crippen LogP contribution in [-0.4, -0.2) is 12.5 Å². The van der Waals surface area contributed by atoms with Crippen LogP contribution >= 0.6 is 11.3 Å². The highest BCUT2D eigenvalue weighted by Crippen LogP contribution is 2.22. The molecule has 1 aromatic carbocycles. The molecular weight excluding hydrogens is 286 g/mol. The fourth-order valence-corrected chi connectivity index (χ4v) is 2.41. The van der Waals surface area contributed by atoms with Gasteiger partial charge in [0.25, 0.3) is 5.91 Å². The zero-order valence-corrected chi connectivity index (χ0v) is 12.2. The number of amides is 1. The van der Waals surface area contributed by atoms with Gasteiger partial charge in [-0.15, -0.1) is 11.3 Å². The van der Waals surface area contributed by atoms with E-state index in [-0.39, 0.29) is 5.91 Å². The van der Waals surface area contributed by atoms with Crippen LogP contribution in [0.15, 0.2) is 35.7 Å². The van der Waals surface area contributed by atoms with Gasteiger partial charge in [0.15, 0.2) is 0 Å². The summed E-state index contributed by atoms with van der Waals surface area (Å²) >= 11 is 1.30. The third-order valence-corrected chi connectivity index (χ3v) is 3.62. The third-order valence-electron chi connectivity index (χ3n) is 2.70. The molecule has 0 radical (unpaired) electrons. The Morgan fingerprint density at radius 3 is 3.00 bits per heavy atom. The zero-order chi connectivity index (χ0) is 15.1. The lowest BCUT2D eigenvalue weighted by Crippen LogP contribution is -2.11. The number of unbranched alkanes of at least 4 members (excludes halogenated alkanes) is 1. The van der Waals surface area contributed by atoms with E-state index in [1.165, 1.54) is 11.3 Å². The number of ether oxygens (including phenoxy) is 1. The summed E-state index contributed by atoms with van der Waals surface area (Å²) in [7, 11) is 0. The average molecular weight is 301 g/mol. The van der Waals surface area contributed by atoms with Crippen molar-refractivity contribution in [3.8, 4) is 11.8 Å². The SMILES string of the molecule is N#CCCCOc1cccc(NC(=O)c2sccc2N)c1. The van der Waals surface area contributed by atoms with Crippen LogP contribution in [0.4, 0.5) is 11.4 Å². The highest BCUT2D eigenvalue weighted by atomic mass is 32.1. The van der Waals surface area contributed by atoms with Crippen LogP contribution in [0.25, 0.3) is 0 Å². The number of nitrogens with one attached hydrogen (secondary N) is 1. The molecular formula is C15H15N3O2S. The minimum Gasteiger partial charge on any atom is -0.493 e. The van der Waals surface area contributed by atoms with Crippen molar-refractivity contribution in [1.29, 1.82) is 5.26 Å². The lowest BCUT2D eigenvalue weighted by Gasteiger charge is -2.08. The summed E-state index contributed by atoms with van der Waals surface area (Å²) < 4.78 is 5.52. The first-order chi connectivity index (χ1) is 10.2. The van der Waals surface area contributed by atoms with E-state index in [0.717, 1.165) is 0 Å². The highest BCUT2D eigenvalue weighted by molar-refractivity contribution is 7.12. The number of rotatable bonds is 6. The van der Waals surface area contributed by atoms with Crippen LogP contribution in [0.1, 0.15) is 22.5 Å². The van der Waals surface area contributed by atoms with Crippen LogP contribution in [0, 0.1) is 11.3 Å². The smallest absolute Gasteiger partial charge is 0.267 e. The first-order valence-electron chi connectivity index (χ1n) is 6.45. The normalized spacial score (nSPS) is 9.86. The number of hydrogen-bond donors (Lipinski definition) is 2. The van der Waals surface area contributed by atoms with Gasteiger partial charge in [0, 0.05) is 18.2 Å². The molecule has 0 unspecified atom stereocenters. The molecule has 2 aromatic rings. The lowest BCUT2D eigenvalue weighted by molar-refractivity contribution is 0.103. The summed E-state index contributed by atoms with van der Waals surface area (Å²) in [6.45, 7) is 0.475. The molecule has 0 bridgehead atoms. The second-order valence-corrected chi connectivity index (χ2v) is 5.21. The maximum absolute atomic E-state index is 12.0. The Morgan fingerprint density at radius 2 is 2.29 bits per heavy atom. The molecule has 1 aromatic heterocycles. The van der Waals surface area contributed by atoms with Crippen molar-refractivity contribution in [3.05, 3.63) is 40.6 Å². The largest absolute Gasteiger partial charge is 0.493 e. The monoisotopic (exact) mass is 301 g/mol. The first kappa shape index (κ1) is 14.9. The predicted octanol–water partition coefficient (Wildman–Crippen LogP) is 3.27. The first-order valence-corrected chi connectivity index (χ1v) is 7.33. The summed E-state index contributed by atoms with van der Waals surface area (Å²) in [5.74, 6) is 0.425. The van der Waals surface area contributed by atoms with E-state index in [1.54, 1.807) is 29.6 Å². The van der Waals surface area contributed by atoms with Gasteiger partial charge in [-0.1, -0.05) is 6.07 Å². The number of nitriles is 1. The summed E-state index contributed by atoms with van der Waals surface area (Å²) in [6.07, 6.45) is 1.15. The van der Waals surface area contributed by atoms with E-state index in [0.29, 0.717) is 41.4 Å². The van der Waals surface area contributed by atoms with Crippen LogP contribution < -0.4 is 15.8 Å². The van der Waals surface area contributed by atoms with E-state index in [1.807, 2.05) is 6.07 Å². The van der Waals surface area contributed by atoms with Gasteiger partial charge < -0.3 is 15.8 Å². The summed E-state index contributed by atoms with van der Waals surface area (Å²) in [6, 6.07) is 10.9. The molecule has 0 spiro atoms. The number of nitrogen functional groups attached to an aromatic ring is 1. The van der Waals surface area contributed by atoms with Crippen molar-refractivity contribution in [2.24, 2.45) is 0 Å². The topological polar surface area (TPSA) is 88.1 Å². The Balaban J connectivity index is 1.96. The Kier molecular flexibility index (Phi) is 5.18. The zero-order valence-electron chi connectivity index (χ0n) is 11.3. The van der Waals surface area contributed by atoms with Crippen molar-refractivity contribution in [3.63, 3.8) is 0 Å². The number of nitrogens with two attached hydrogens (primary N) is 1. The van der Waals surface area contributed by atoms with Crippen LogP contribution in [-0.2, 0) is 0 Å². The molecule has 3 N–H and O–H groups in total. The van der Waals surface area contributed by atoms with E-state index >= 15 is 0 Å². The number of benzene rings is 1. The van der Waals surface area contributed by atoms with E-state index in [2.05, 4.69) is 11.4 Å². The van der Waals surface area contributed by atoms with Gasteiger partial charge >= 0.3 is 0 Å². The standard InChI is InChI=1S/C15H15N3O2S/c16-7-1-2-8-20-12-5-3-4-11(10-12)18-15(19)14-13(17)6-9-21-14/h3-6,9-10H,1-2,8,17H2,(H,18,19). The Hall–Kier alpha value is -2.52. The maximum atomic E-state index is 12.0. The van der Waals surface area contributed by atoms with E-state index < -0.39 is 0 Å². The van der Waals surface area contributed by atoms with Crippen LogP contribution in [0.2, 0.25) is 0 Å². The van der Waals surface area contributed by atoms with E-state index in [9.17, 15) is 4.79 Å². The number of thiophene rings is 1. The molecule has 2 rings (SSSR count). The van der Waals surface area contributed by atoms with Gasteiger partial charge in [-0.3, -0.25) is 4.79 Å². The fraction of sp³-hybridized carbons (Fsp3) is 0.200. The van der Waals surface area contributed by atoms with Gasteiger partial charge in [-0.2, -0.15) is 5.26 Å². The number of anilines is 2. The van der Waals surface area contributed by atoms with Gasteiger partial charge in [-0.05, 0) is 30.0 Å². The second-order valence-electron chi connectivity index (χ2n) is 4.30. The van der Waals surface area contributed by atoms with Crippen LogP contribution in [0.3, 0.4) is 0 Å². The van der Waals surface area contributed by atoms with Crippen molar-refractivity contribution in [1.82, 2.24) is 0 Å². The van der Waals surface area contributed by atoms with Crippen molar-refractivity contribution >= 4 is 28.6 Å². The molecule has 108 valence electrons. The Labute approximate surface area is 127 Å². The second kappa shape index (κ2) is 7.31. The van der Waals surface area contributed by atoms with Gasteiger partial charge in [0.05, 0.1) is 18.4 Å². The minimum atomic E-state index is -0.232. The number of carbonyl (C=O) groups excluding carboxylic acids is 1. The molecule has 21 heavy (non-hydrogen) atoms. The van der Waals surface area contributed by atoms with E-state index in [4.69, 9.17) is 15.7 Å². The maximum Gasteiger partial charge on any atom is 0.267 e. The molecule has 0 fully saturated rings. The number of hydrogen-bond acceptors (Lipinski definition) is 5. The van der Waals surface area contributed by atoms with Gasteiger partial charge in [0.2, 0.25) is 0 Å². The third kappa shape index (κ3) is 4.23. The van der Waals surface area contributed by atoms with Crippen molar-refractivity contribution in [2.75, 3.05) is 17.7 Å². The van der Waals surface area contributed by atoms with Crippen LogP contribution in [0.5, 0.6) is 5.75 Å². The highest BCUT2D eigenvalue weighted by Gasteiger charge is 2.11. The summed E-state index contributed by atoms with van der Waals surface area (Å²) in [5.41, 5.74) is 6.84. The van der Waals surface area contributed by atoms with Gasteiger partial charge in [0.1, 0.15) is 10.6 Å². The molecule has 6 heteroatoms. The summed E-state index contributed by atoms with van der Waals surface area (Å²) in [4.78, 5) is 12.5. The molecule has 0 atom stereocenters. The number of carbonyl (C=O) groups is 1. The summed E-state index contributed by atoms with van der Waals surface area (Å²) in [5, 5.41) is 13.0. The fourth-order valence-electron chi connectivity index (χ4n) is 1.70. The molecule has 0 saturated carbocycles. The molecule has 0 aliphatic rings. The quantitative estimate of drug-likeness (QED) is 0.801. The van der Waals surface area contributed by atoms with Crippen molar-refractivity contribution in [2.45, 2.75) is 12.8 Å². The molecule has 0 aliphatic heterocycles. The number of nitrogens with zero attached hydrogens (tertiary/aromatic N) is 1. The minimum absolute atomic E-state index is 0.232. The van der Waals surface area contributed by atoms with Gasteiger partial charge in [-0.25, -0.2) is 0 Å². The average Bonchev–Trinajstić information content (AvgIpc) is 2.90. The molecule has 5 nitrogen and oxygen atoms in total. The lowest BCUT2D eigenvalue weighted by atomic mass is 10.3. The molecule has 1 amide bonds. The van der Waals surface area contributed by atoms with Crippen molar-refractivity contribution < 1.29 is 9.53 Å². The predicted molar refractivity (Wildman–Crippen MR) is 83.5 cm³/mol.